The molecule has 6 heteroatoms. The van der Waals surface area contributed by atoms with Gasteiger partial charge >= 0.3 is 0 Å². The number of hydrogen-bond donors (Lipinski definition) is 1. The maximum atomic E-state index is 5.81. The minimum Gasteiger partial charge on any atom is -0.494 e. The molecule has 0 amide bonds. The van der Waals surface area contributed by atoms with Gasteiger partial charge in [0.25, 0.3) is 0 Å². The number of nitrogens with zero attached hydrogens (tertiary/aromatic N) is 4. The van der Waals surface area contributed by atoms with E-state index >= 15 is 0 Å². The van der Waals surface area contributed by atoms with Gasteiger partial charge in [0.2, 0.25) is 0 Å². The summed E-state index contributed by atoms with van der Waals surface area (Å²) in [5.74, 6) is 1.46. The number of hydrogen-bond acceptors (Lipinski definition) is 5. The Bertz CT molecular complexity index is 736. The van der Waals surface area contributed by atoms with Gasteiger partial charge in [-0.25, -0.2) is 0 Å². The molecule has 106 valence electrons. The first-order valence-electron chi connectivity index (χ1n) is 6.65. The van der Waals surface area contributed by atoms with Gasteiger partial charge in [-0.3, -0.25) is 0 Å². The molecule has 2 N–H and O–H groups in total. The number of aromatic nitrogens is 4. The first kappa shape index (κ1) is 13.1. The number of ether oxygens (including phenoxy) is 1. The van der Waals surface area contributed by atoms with Crippen molar-refractivity contribution >= 4 is 5.69 Å². The highest BCUT2D eigenvalue weighted by molar-refractivity contribution is 5.62. The third kappa shape index (κ3) is 2.69. The topological polar surface area (TPSA) is 78.8 Å². The molecule has 0 fully saturated rings. The van der Waals surface area contributed by atoms with Gasteiger partial charge in [-0.1, -0.05) is 12.1 Å². The molecule has 0 spiro atoms. The first-order valence-corrected chi connectivity index (χ1v) is 6.65. The summed E-state index contributed by atoms with van der Waals surface area (Å²) in [6, 6.07) is 15.1. The zero-order valence-corrected chi connectivity index (χ0v) is 11.6. The Labute approximate surface area is 122 Å². The lowest BCUT2D eigenvalue weighted by Gasteiger charge is -2.07. The van der Waals surface area contributed by atoms with Crippen LogP contribution in [0.5, 0.6) is 5.75 Å². The van der Waals surface area contributed by atoms with E-state index in [0.717, 1.165) is 17.0 Å². The largest absolute Gasteiger partial charge is 0.494 e. The van der Waals surface area contributed by atoms with Crippen LogP contribution >= 0.6 is 0 Å². The molecule has 0 aliphatic carbocycles. The van der Waals surface area contributed by atoms with E-state index in [9.17, 15) is 0 Å². The number of rotatable bonds is 4. The van der Waals surface area contributed by atoms with Crippen molar-refractivity contribution in [2.24, 2.45) is 0 Å². The predicted octanol–water partition coefficient (Wildman–Crippen LogP) is 2.31. The van der Waals surface area contributed by atoms with Crippen LogP contribution in [0.2, 0.25) is 0 Å². The second-order valence-corrected chi connectivity index (χ2v) is 4.47. The third-order valence-electron chi connectivity index (χ3n) is 3.01. The highest BCUT2D eigenvalue weighted by Crippen LogP contribution is 2.22. The predicted molar refractivity (Wildman–Crippen MR) is 80.2 cm³/mol. The van der Waals surface area contributed by atoms with Crippen molar-refractivity contribution in [2.75, 3.05) is 12.3 Å². The van der Waals surface area contributed by atoms with Crippen LogP contribution in [-0.2, 0) is 0 Å². The Kier molecular flexibility index (Phi) is 3.51. The van der Waals surface area contributed by atoms with Gasteiger partial charge in [0.15, 0.2) is 5.82 Å². The van der Waals surface area contributed by atoms with Gasteiger partial charge in [-0.2, -0.15) is 4.68 Å². The Hall–Kier alpha value is -2.89. The molecule has 21 heavy (non-hydrogen) atoms. The van der Waals surface area contributed by atoms with Crippen LogP contribution in [0.1, 0.15) is 6.92 Å². The smallest absolute Gasteiger partial charge is 0.187 e. The van der Waals surface area contributed by atoms with Crippen LogP contribution in [0.25, 0.3) is 17.1 Å². The number of nitrogens with two attached hydrogens (primary N) is 1. The van der Waals surface area contributed by atoms with Crippen molar-refractivity contribution in [1.29, 1.82) is 0 Å². The number of benzene rings is 2. The fourth-order valence-electron chi connectivity index (χ4n) is 2.07. The molecule has 1 heterocycles. The quantitative estimate of drug-likeness (QED) is 0.742. The summed E-state index contributed by atoms with van der Waals surface area (Å²) in [6.45, 7) is 2.59. The SMILES string of the molecule is CCOc1ccc(-n2nnnc2-c2cccc(N)c2)cc1. The molecule has 3 aromatic rings. The summed E-state index contributed by atoms with van der Waals surface area (Å²) in [4.78, 5) is 0. The molecular weight excluding hydrogens is 266 g/mol. The molecule has 0 saturated heterocycles. The Morgan fingerprint density at radius 2 is 1.95 bits per heavy atom. The number of nitrogen functional groups attached to an aromatic ring is 1. The lowest BCUT2D eigenvalue weighted by atomic mass is 10.2. The third-order valence-corrected chi connectivity index (χ3v) is 3.01. The number of tetrazole rings is 1. The monoisotopic (exact) mass is 281 g/mol. The fourth-order valence-corrected chi connectivity index (χ4v) is 2.07. The average molecular weight is 281 g/mol. The van der Waals surface area contributed by atoms with Gasteiger partial charge in [0, 0.05) is 11.3 Å². The summed E-state index contributed by atoms with van der Waals surface area (Å²) < 4.78 is 7.10. The molecule has 3 rings (SSSR count). The van der Waals surface area contributed by atoms with Crippen LogP contribution in [0, 0.1) is 0 Å². The van der Waals surface area contributed by atoms with Crippen molar-refractivity contribution in [3.8, 4) is 22.8 Å². The molecule has 0 radical (unpaired) electrons. The molecule has 0 aliphatic rings. The van der Waals surface area contributed by atoms with E-state index in [4.69, 9.17) is 10.5 Å². The second kappa shape index (κ2) is 5.62. The van der Waals surface area contributed by atoms with Crippen molar-refractivity contribution in [3.63, 3.8) is 0 Å². The molecule has 0 unspecified atom stereocenters. The highest BCUT2D eigenvalue weighted by Gasteiger charge is 2.10. The maximum Gasteiger partial charge on any atom is 0.187 e. The van der Waals surface area contributed by atoms with Crippen molar-refractivity contribution in [1.82, 2.24) is 20.2 Å². The second-order valence-electron chi connectivity index (χ2n) is 4.47. The highest BCUT2D eigenvalue weighted by atomic mass is 16.5. The molecule has 0 bridgehead atoms. The minimum atomic E-state index is 0.638. The number of anilines is 1. The summed E-state index contributed by atoms with van der Waals surface area (Å²) in [5, 5.41) is 11.9. The minimum absolute atomic E-state index is 0.638. The van der Waals surface area contributed by atoms with E-state index in [0.29, 0.717) is 18.1 Å². The molecule has 6 nitrogen and oxygen atoms in total. The van der Waals surface area contributed by atoms with Gasteiger partial charge in [-0.05, 0) is 53.7 Å². The average Bonchev–Trinajstić information content (AvgIpc) is 2.98. The molecule has 2 aromatic carbocycles. The van der Waals surface area contributed by atoms with Crippen molar-refractivity contribution < 1.29 is 4.74 Å². The maximum absolute atomic E-state index is 5.81. The Morgan fingerprint density at radius 1 is 1.14 bits per heavy atom. The molecular formula is C15H15N5O. The van der Waals surface area contributed by atoms with Gasteiger partial charge in [0.1, 0.15) is 5.75 Å². The standard InChI is InChI=1S/C15H15N5O/c1-2-21-14-8-6-13(7-9-14)20-15(17-18-19-20)11-4-3-5-12(16)10-11/h3-10H,2,16H2,1H3. The van der Waals surface area contributed by atoms with E-state index in [1.54, 1.807) is 4.68 Å². The van der Waals surface area contributed by atoms with Crippen LogP contribution in [0.15, 0.2) is 48.5 Å². The van der Waals surface area contributed by atoms with Gasteiger partial charge in [-0.15, -0.1) is 5.10 Å². The van der Waals surface area contributed by atoms with Crippen molar-refractivity contribution in [3.05, 3.63) is 48.5 Å². The molecule has 0 atom stereocenters. The molecule has 0 aliphatic heterocycles. The Balaban J connectivity index is 1.98. The van der Waals surface area contributed by atoms with Crippen LogP contribution in [0.4, 0.5) is 5.69 Å². The first-order chi connectivity index (χ1) is 10.3. The van der Waals surface area contributed by atoms with E-state index in [2.05, 4.69) is 15.5 Å². The van der Waals surface area contributed by atoms with Crippen LogP contribution < -0.4 is 10.5 Å². The van der Waals surface area contributed by atoms with E-state index < -0.39 is 0 Å². The van der Waals surface area contributed by atoms with Gasteiger partial charge < -0.3 is 10.5 Å². The molecule has 1 aromatic heterocycles. The normalized spacial score (nSPS) is 10.5. The fraction of sp³-hybridized carbons (Fsp3) is 0.133. The zero-order chi connectivity index (χ0) is 14.7. The summed E-state index contributed by atoms with van der Waals surface area (Å²) >= 11 is 0. The van der Waals surface area contributed by atoms with Crippen LogP contribution in [-0.4, -0.2) is 26.8 Å². The van der Waals surface area contributed by atoms with E-state index in [-0.39, 0.29) is 0 Å². The molecule has 0 saturated carbocycles. The van der Waals surface area contributed by atoms with Crippen molar-refractivity contribution in [2.45, 2.75) is 6.92 Å². The Morgan fingerprint density at radius 3 is 2.67 bits per heavy atom. The van der Waals surface area contributed by atoms with E-state index in [1.807, 2.05) is 55.5 Å². The van der Waals surface area contributed by atoms with Crippen LogP contribution in [0.3, 0.4) is 0 Å². The lowest BCUT2D eigenvalue weighted by molar-refractivity contribution is 0.340. The van der Waals surface area contributed by atoms with E-state index in [1.165, 1.54) is 0 Å². The summed E-state index contributed by atoms with van der Waals surface area (Å²) in [7, 11) is 0. The summed E-state index contributed by atoms with van der Waals surface area (Å²) in [5.41, 5.74) is 8.22. The zero-order valence-electron chi connectivity index (χ0n) is 11.6. The lowest BCUT2D eigenvalue weighted by Crippen LogP contribution is -2.00. The summed E-state index contributed by atoms with van der Waals surface area (Å²) in [6.07, 6.45) is 0. The van der Waals surface area contributed by atoms with Gasteiger partial charge in [0.05, 0.1) is 12.3 Å².